The van der Waals surface area contributed by atoms with Gasteiger partial charge in [-0.3, -0.25) is 9.59 Å². The highest BCUT2D eigenvalue weighted by atomic mass is 79.9. The van der Waals surface area contributed by atoms with Crippen LogP contribution in [0.1, 0.15) is 56.2 Å². The van der Waals surface area contributed by atoms with E-state index in [0.29, 0.717) is 5.75 Å². The van der Waals surface area contributed by atoms with Gasteiger partial charge >= 0.3 is 0 Å². The minimum absolute atomic E-state index is 0.0846. The summed E-state index contributed by atoms with van der Waals surface area (Å²) in [5.41, 5.74) is 9.18. The minimum Gasteiger partial charge on any atom is -0.484 e. The number of halogens is 1. The number of nitrogens with zero attached hydrogens (tertiary/aromatic N) is 2. The summed E-state index contributed by atoms with van der Waals surface area (Å²) in [4.78, 5) is 27.2. The molecule has 2 aromatic carbocycles. The van der Waals surface area contributed by atoms with E-state index in [2.05, 4.69) is 36.3 Å². The number of amides is 2. The predicted octanol–water partition coefficient (Wildman–Crippen LogP) is 6.89. The minimum atomic E-state index is -0.356. The fraction of sp³-hybridized carbons (Fsp3) is 0.258. The second-order valence-electron chi connectivity index (χ2n) is 9.91. The van der Waals surface area contributed by atoms with Crippen LogP contribution in [0.3, 0.4) is 0 Å². The molecule has 5 rings (SSSR count). The maximum absolute atomic E-state index is 13.7. The van der Waals surface area contributed by atoms with E-state index in [4.69, 9.17) is 4.74 Å². The highest BCUT2D eigenvalue weighted by Gasteiger charge is 2.28. The number of carbonyl (C=O) groups is 2. The number of hydrogen-bond donors (Lipinski definition) is 2. The van der Waals surface area contributed by atoms with Crippen molar-refractivity contribution in [3.05, 3.63) is 97.6 Å². The molecule has 2 N–H and O–H groups in total. The number of aryl methyl sites for hydroxylation is 3. The number of hydrazone groups is 1. The Kier molecular flexibility index (Phi) is 8.52. The van der Waals surface area contributed by atoms with Crippen LogP contribution in [0.5, 0.6) is 5.75 Å². The first-order valence-electron chi connectivity index (χ1n) is 13.2. The zero-order valence-corrected chi connectivity index (χ0v) is 25.1. The molecule has 1 aliphatic carbocycles. The van der Waals surface area contributed by atoms with Gasteiger partial charge in [-0.1, -0.05) is 39.7 Å². The smallest absolute Gasteiger partial charge is 0.277 e. The van der Waals surface area contributed by atoms with Gasteiger partial charge in [0.25, 0.3) is 11.8 Å². The molecule has 0 unspecified atom stereocenters. The van der Waals surface area contributed by atoms with Crippen molar-refractivity contribution in [2.45, 2.75) is 46.5 Å². The number of carbonyl (C=O) groups excluding carboxylic acids is 2. The molecule has 2 heterocycles. The molecule has 7 nitrogen and oxygen atoms in total. The SMILES string of the molecule is Cc1ccc(NC(=O)c2c(-n3c(C)cc(/C=N/NC(=O)COc4cccc(Br)c4)c3C)sc3c2CCCC3)cc1. The Morgan fingerprint density at radius 3 is 2.62 bits per heavy atom. The molecule has 4 aromatic rings. The van der Waals surface area contributed by atoms with Crippen LogP contribution in [0.15, 0.2) is 64.2 Å². The highest BCUT2D eigenvalue weighted by Crippen LogP contribution is 2.39. The molecule has 0 radical (unpaired) electrons. The van der Waals surface area contributed by atoms with E-state index in [1.54, 1.807) is 29.7 Å². The predicted molar refractivity (Wildman–Crippen MR) is 164 cm³/mol. The second kappa shape index (κ2) is 12.2. The third-order valence-corrected chi connectivity index (χ3v) is 8.69. The maximum Gasteiger partial charge on any atom is 0.277 e. The monoisotopic (exact) mass is 618 g/mol. The van der Waals surface area contributed by atoms with E-state index in [1.165, 1.54) is 4.88 Å². The molecule has 2 aromatic heterocycles. The number of aromatic nitrogens is 1. The quantitative estimate of drug-likeness (QED) is 0.167. The molecule has 0 atom stereocenters. The van der Waals surface area contributed by atoms with Crippen molar-refractivity contribution < 1.29 is 14.3 Å². The van der Waals surface area contributed by atoms with E-state index in [-0.39, 0.29) is 18.4 Å². The van der Waals surface area contributed by atoms with Gasteiger partial charge in [-0.25, -0.2) is 5.43 Å². The maximum atomic E-state index is 13.7. The van der Waals surface area contributed by atoms with Crippen molar-refractivity contribution in [1.82, 2.24) is 9.99 Å². The Bertz CT molecular complexity index is 1590. The molecule has 0 aliphatic heterocycles. The van der Waals surface area contributed by atoms with Gasteiger partial charge < -0.3 is 14.6 Å². The average Bonchev–Trinajstić information content (AvgIpc) is 3.44. The van der Waals surface area contributed by atoms with Gasteiger partial charge in [0.2, 0.25) is 0 Å². The van der Waals surface area contributed by atoms with Crippen molar-refractivity contribution in [2.75, 3.05) is 11.9 Å². The summed E-state index contributed by atoms with van der Waals surface area (Å²) in [6.07, 6.45) is 5.76. The van der Waals surface area contributed by atoms with Crippen LogP contribution in [0.4, 0.5) is 5.69 Å². The van der Waals surface area contributed by atoms with Crippen LogP contribution in [-0.4, -0.2) is 29.2 Å². The van der Waals surface area contributed by atoms with Crippen LogP contribution in [0.2, 0.25) is 0 Å². The largest absolute Gasteiger partial charge is 0.484 e. The molecule has 0 bridgehead atoms. The molecule has 1 aliphatic rings. The Balaban J connectivity index is 1.36. The van der Waals surface area contributed by atoms with E-state index < -0.39 is 0 Å². The number of thiophene rings is 1. The fourth-order valence-corrected chi connectivity index (χ4v) is 6.79. The Morgan fingerprint density at radius 1 is 1.07 bits per heavy atom. The van der Waals surface area contributed by atoms with Crippen LogP contribution in [-0.2, 0) is 17.6 Å². The molecule has 0 saturated carbocycles. The van der Waals surface area contributed by atoms with Crippen molar-refractivity contribution in [1.29, 1.82) is 0 Å². The molecule has 0 saturated heterocycles. The first-order chi connectivity index (χ1) is 19.3. The molecule has 40 heavy (non-hydrogen) atoms. The second-order valence-corrected chi connectivity index (χ2v) is 11.9. The number of fused-ring (bicyclic) bond motifs is 1. The van der Waals surface area contributed by atoms with E-state index in [9.17, 15) is 9.59 Å². The fourth-order valence-electron chi connectivity index (χ4n) is 4.92. The van der Waals surface area contributed by atoms with Gasteiger partial charge in [-0.2, -0.15) is 5.10 Å². The third-order valence-electron chi connectivity index (χ3n) is 6.92. The van der Waals surface area contributed by atoms with Gasteiger partial charge in [-0.05, 0) is 88.4 Å². The molecule has 9 heteroatoms. The summed E-state index contributed by atoms with van der Waals surface area (Å²) in [5.74, 6) is 0.155. The van der Waals surface area contributed by atoms with Crippen LogP contribution in [0, 0.1) is 20.8 Å². The van der Waals surface area contributed by atoms with Crippen LogP contribution >= 0.6 is 27.3 Å². The summed E-state index contributed by atoms with van der Waals surface area (Å²) in [7, 11) is 0. The van der Waals surface area contributed by atoms with Gasteiger partial charge in [0, 0.05) is 32.0 Å². The topological polar surface area (TPSA) is 84.7 Å². The first-order valence-corrected chi connectivity index (χ1v) is 14.8. The Morgan fingerprint density at radius 2 is 1.85 bits per heavy atom. The standard InChI is InChI=1S/C31H31BrN4O3S/c1-19-11-13-24(14-12-19)34-30(38)29-26-9-4-5-10-27(26)40-31(29)36-20(2)15-22(21(36)3)17-33-35-28(37)18-39-25-8-6-7-23(32)16-25/h6-8,11-17H,4-5,9-10,18H2,1-3H3,(H,34,38)(H,35,37)/b33-17+. The third kappa shape index (κ3) is 6.21. The molecule has 0 fully saturated rings. The number of anilines is 1. The lowest BCUT2D eigenvalue weighted by Gasteiger charge is -2.14. The number of rotatable bonds is 8. The van der Waals surface area contributed by atoms with Gasteiger partial charge in [0.1, 0.15) is 10.8 Å². The zero-order valence-electron chi connectivity index (χ0n) is 22.7. The van der Waals surface area contributed by atoms with E-state index >= 15 is 0 Å². The van der Waals surface area contributed by atoms with Crippen molar-refractivity contribution in [2.24, 2.45) is 5.10 Å². The van der Waals surface area contributed by atoms with Crippen molar-refractivity contribution in [3.8, 4) is 10.8 Å². The molecule has 0 spiro atoms. The lowest BCUT2D eigenvalue weighted by molar-refractivity contribution is -0.123. The van der Waals surface area contributed by atoms with E-state index in [1.807, 2.05) is 63.2 Å². The molecular weight excluding hydrogens is 588 g/mol. The zero-order chi connectivity index (χ0) is 28.2. The van der Waals surface area contributed by atoms with Gasteiger partial charge in [0.15, 0.2) is 6.61 Å². The number of nitrogens with one attached hydrogen (secondary N) is 2. The van der Waals surface area contributed by atoms with Gasteiger partial charge in [0.05, 0.1) is 11.8 Å². The number of benzene rings is 2. The lowest BCUT2D eigenvalue weighted by atomic mass is 9.95. The first kappa shape index (κ1) is 27.9. The molecule has 2 amide bonds. The summed E-state index contributed by atoms with van der Waals surface area (Å²) in [6, 6.07) is 17.2. The van der Waals surface area contributed by atoms with E-state index in [0.717, 1.165) is 74.5 Å². The summed E-state index contributed by atoms with van der Waals surface area (Å²) >= 11 is 5.09. The normalized spacial score (nSPS) is 12.8. The van der Waals surface area contributed by atoms with Crippen LogP contribution in [0.25, 0.3) is 5.00 Å². The highest BCUT2D eigenvalue weighted by molar-refractivity contribution is 9.10. The van der Waals surface area contributed by atoms with Crippen molar-refractivity contribution in [3.63, 3.8) is 0 Å². The summed E-state index contributed by atoms with van der Waals surface area (Å²) in [6.45, 7) is 5.91. The summed E-state index contributed by atoms with van der Waals surface area (Å²) < 4.78 is 8.53. The van der Waals surface area contributed by atoms with Crippen LogP contribution < -0.4 is 15.5 Å². The average molecular weight is 620 g/mol. The number of hydrogen-bond acceptors (Lipinski definition) is 5. The van der Waals surface area contributed by atoms with Gasteiger partial charge in [-0.15, -0.1) is 11.3 Å². The van der Waals surface area contributed by atoms with Crippen molar-refractivity contribution >= 4 is 51.0 Å². The Hall–Kier alpha value is -3.69. The summed E-state index contributed by atoms with van der Waals surface area (Å²) in [5, 5.41) is 8.21. The lowest BCUT2D eigenvalue weighted by Crippen LogP contribution is -2.24. The molecule has 206 valence electrons. The number of ether oxygens (including phenoxy) is 1. The Labute approximate surface area is 246 Å². The molecular formula is C31H31BrN4O3S.